The molecule has 0 aliphatic rings. The summed E-state index contributed by atoms with van der Waals surface area (Å²) in [5, 5.41) is 15.2. The first-order valence-electron chi connectivity index (χ1n) is 19.8. The molecule has 11 nitrogen and oxygen atoms in total. The summed E-state index contributed by atoms with van der Waals surface area (Å²) in [6.45, 7) is 0. The Morgan fingerprint density at radius 1 is 0.714 bits per heavy atom. The number of nitrogens with two attached hydrogens (primary N) is 2. The number of nitrogens with zero attached hydrogens (tertiary/aromatic N) is 5. The van der Waals surface area contributed by atoms with Crippen LogP contribution in [-0.2, 0) is 19.3 Å². The number of hydrogen-bond donors (Lipinski definition) is 5. The van der Waals surface area contributed by atoms with E-state index < -0.39 is 5.92 Å². The number of benzene rings is 6. The number of nitriles is 1. The van der Waals surface area contributed by atoms with Crippen LogP contribution in [0.4, 0.5) is 20.5 Å². The standard InChI is InChI=1S/C24H19ClFN5.C17H13ClFNO.C7H8N4/c25-17-10-8-16(9-11-17)22-19(14-7-15-5-12-18(26)13-6-15)23(27)31(30-22)24-28-20-3-1-2-4-21(20)29-24;18-15-7-5-13(6-8-15)17(21)14(11-20)4-1-12-2-9-16(19)10-3-12;8-11-7-9-5-3-1-2-4-6(5)10-7/h1-6,8-13H,7,14,27H2,(H,28,29);2-3,5-10,14H,1,4H2;1-4H,8H2,(H2,9,10,11). The van der Waals surface area contributed by atoms with Crippen molar-refractivity contribution >= 4 is 62.8 Å². The second-order valence-corrected chi connectivity index (χ2v) is 15.2. The number of para-hydroxylation sites is 4. The third kappa shape index (κ3) is 11.1. The molecule has 9 aromatic rings. The summed E-state index contributed by atoms with van der Waals surface area (Å²) in [6, 6.07) is 44.2. The second kappa shape index (κ2) is 20.5. The zero-order chi connectivity index (χ0) is 44.3. The van der Waals surface area contributed by atoms with Gasteiger partial charge in [-0.25, -0.2) is 24.6 Å². The number of rotatable bonds is 11. The maximum atomic E-state index is 13.3. The minimum absolute atomic E-state index is 0.212. The number of nitrogen functional groups attached to an aromatic ring is 2. The van der Waals surface area contributed by atoms with E-state index in [0.29, 0.717) is 59.0 Å². The summed E-state index contributed by atoms with van der Waals surface area (Å²) < 4.78 is 27.7. The Labute approximate surface area is 371 Å². The van der Waals surface area contributed by atoms with Gasteiger partial charge in [-0.1, -0.05) is 83.9 Å². The Hall–Kier alpha value is -7.37. The van der Waals surface area contributed by atoms with E-state index in [4.69, 9.17) is 39.9 Å². The number of nitrogens with one attached hydrogen (secondary N) is 3. The molecule has 0 spiro atoms. The van der Waals surface area contributed by atoms with E-state index in [2.05, 4.69) is 25.4 Å². The van der Waals surface area contributed by atoms with Crippen molar-refractivity contribution in [2.45, 2.75) is 25.7 Å². The van der Waals surface area contributed by atoms with E-state index in [9.17, 15) is 18.8 Å². The van der Waals surface area contributed by atoms with Gasteiger partial charge in [0, 0.05) is 26.7 Å². The van der Waals surface area contributed by atoms with Crippen molar-refractivity contribution in [1.29, 1.82) is 5.26 Å². The highest BCUT2D eigenvalue weighted by Gasteiger charge is 2.21. The lowest BCUT2D eigenvalue weighted by molar-refractivity contribution is 0.0944. The van der Waals surface area contributed by atoms with Gasteiger partial charge in [0.2, 0.25) is 11.9 Å². The van der Waals surface area contributed by atoms with Crippen molar-refractivity contribution in [2.75, 3.05) is 11.2 Å². The van der Waals surface area contributed by atoms with Gasteiger partial charge >= 0.3 is 0 Å². The third-order valence-corrected chi connectivity index (χ3v) is 10.6. The summed E-state index contributed by atoms with van der Waals surface area (Å²) in [7, 11) is 0. The van der Waals surface area contributed by atoms with Crippen molar-refractivity contribution in [1.82, 2.24) is 29.7 Å². The fourth-order valence-electron chi connectivity index (χ4n) is 6.72. The molecule has 0 fully saturated rings. The van der Waals surface area contributed by atoms with Crippen LogP contribution in [0.1, 0.15) is 33.5 Å². The molecule has 0 amide bonds. The van der Waals surface area contributed by atoms with Gasteiger partial charge in [0.15, 0.2) is 5.78 Å². The SMILES string of the molecule is N#CC(CCc1ccc(F)cc1)C(=O)c1ccc(Cl)cc1.NNc1nc2ccccc2[nH]1.Nc1c(CCc2ccc(F)cc2)c(-c2ccc(Cl)cc2)nn1-c1nc2ccccc2[nH]1. The molecule has 7 N–H and O–H groups in total. The van der Waals surface area contributed by atoms with E-state index in [0.717, 1.165) is 50.0 Å². The minimum Gasteiger partial charge on any atom is -0.383 e. The largest absolute Gasteiger partial charge is 0.383 e. The van der Waals surface area contributed by atoms with E-state index in [-0.39, 0.29) is 17.4 Å². The number of aryl methyl sites for hydroxylation is 2. The lowest BCUT2D eigenvalue weighted by Crippen LogP contribution is -2.14. The number of hydrogen-bond acceptors (Lipinski definition) is 8. The highest BCUT2D eigenvalue weighted by Crippen LogP contribution is 2.31. The average Bonchev–Trinajstić information content (AvgIpc) is 4.03. The summed E-state index contributed by atoms with van der Waals surface area (Å²) >= 11 is 11.9. The monoisotopic (exact) mass is 880 g/mol. The molecule has 63 heavy (non-hydrogen) atoms. The first-order chi connectivity index (χ1) is 30.6. The lowest BCUT2D eigenvalue weighted by atomic mass is 9.93. The Morgan fingerprint density at radius 3 is 1.81 bits per heavy atom. The molecule has 316 valence electrons. The minimum atomic E-state index is -0.712. The molecular weight excluding hydrogens is 841 g/mol. The summed E-state index contributed by atoms with van der Waals surface area (Å²) in [5.74, 6) is 5.37. The number of carbonyl (C=O) groups excluding carboxylic acids is 1. The third-order valence-electron chi connectivity index (χ3n) is 10.1. The van der Waals surface area contributed by atoms with Crippen LogP contribution in [-0.4, -0.2) is 35.5 Å². The molecule has 9 rings (SSSR count). The van der Waals surface area contributed by atoms with E-state index >= 15 is 0 Å². The molecule has 1 unspecified atom stereocenters. The second-order valence-electron chi connectivity index (χ2n) is 14.3. The van der Waals surface area contributed by atoms with Gasteiger partial charge in [0.25, 0.3) is 0 Å². The number of anilines is 2. The fourth-order valence-corrected chi connectivity index (χ4v) is 6.98. The molecule has 0 saturated carbocycles. The predicted molar refractivity (Wildman–Crippen MR) is 245 cm³/mol. The molecule has 0 radical (unpaired) electrons. The molecule has 0 saturated heterocycles. The predicted octanol–water partition coefficient (Wildman–Crippen LogP) is 10.9. The molecule has 0 aliphatic heterocycles. The molecule has 0 bridgehead atoms. The first-order valence-corrected chi connectivity index (χ1v) is 20.5. The van der Waals surface area contributed by atoms with Gasteiger partial charge in [-0.2, -0.15) is 15.0 Å². The highest BCUT2D eigenvalue weighted by atomic mass is 35.5. The topological polar surface area (TPSA) is 180 Å². The maximum Gasteiger partial charge on any atom is 0.231 e. The Bertz CT molecular complexity index is 2910. The zero-order valence-electron chi connectivity index (χ0n) is 33.6. The zero-order valence-corrected chi connectivity index (χ0v) is 35.1. The normalized spacial score (nSPS) is 11.2. The Morgan fingerprint density at radius 2 is 1.25 bits per heavy atom. The van der Waals surface area contributed by atoms with Crippen molar-refractivity contribution in [3.05, 3.63) is 190 Å². The van der Waals surface area contributed by atoms with Crippen molar-refractivity contribution in [3.8, 4) is 23.3 Å². The quantitative estimate of drug-likeness (QED) is 0.0483. The van der Waals surface area contributed by atoms with Crippen LogP contribution in [0.25, 0.3) is 39.3 Å². The van der Waals surface area contributed by atoms with Crippen molar-refractivity contribution in [2.24, 2.45) is 11.8 Å². The Balaban J connectivity index is 0.000000159. The maximum absolute atomic E-state index is 13.3. The van der Waals surface area contributed by atoms with Crippen molar-refractivity contribution < 1.29 is 13.6 Å². The van der Waals surface area contributed by atoms with Gasteiger partial charge in [0.05, 0.1) is 33.8 Å². The number of aromatic amines is 2. The smallest absolute Gasteiger partial charge is 0.231 e. The molecule has 6 aromatic carbocycles. The van der Waals surface area contributed by atoms with Crippen molar-refractivity contribution in [3.63, 3.8) is 0 Å². The van der Waals surface area contributed by atoms with Crippen LogP contribution >= 0.6 is 23.2 Å². The van der Waals surface area contributed by atoms with Crippen LogP contribution in [0.5, 0.6) is 0 Å². The molecule has 15 heteroatoms. The van der Waals surface area contributed by atoms with Crippen LogP contribution in [0, 0.1) is 28.9 Å². The first kappa shape index (κ1) is 43.7. The van der Waals surface area contributed by atoms with Gasteiger partial charge in [0.1, 0.15) is 23.4 Å². The molecule has 3 aromatic heterocycles. The number of aromatic nitrogens is 6. The number of fused-ring (bicyclic) bond motifs is 2. The number of halogens is 4. The van der Waals surface area contributed by atoms with Gasteiger partial charge in [-0.3, -0.25) is 10.2 Å². The number of carbonyl (C=O) groups is 1. The van der Waals surface area contributed by atoms with E-state index in [1.54, 1.807) is 53.2 Å². The van der Waals surface area contributed by atoms with E-state index in [1.807, 2.05) is 78.9 Å². The van der Waals surface area contributed by atoms with Gasteiger partial charge in [-0.05, 0) is 122 Å². The fraction of sp³-hybridized carbons (Fsp3) is 0.104. The number of ketones is 1. The molecule has 1 atom stereocenters. The van der Waals surface area contributed by atoms with E-state index in [1.165, 1.54) is 24.3 Å². The highest BCUT2D eigenvalue weighted by molar-refractivity contribution is 6.31. The molecular formula is C48H40Cl2F2N10O. The molecule has 0 aliphatic carbocycles. The van der Waals surface area contributed by atoms with Crippen LogP contribution in [0.15, 0.2) is 146 Å². The number of H-pyrrole nitrogens is 2. The Kier molecular flexibility index (Phi) is 14.2. The van der Waals surface area contributed by atoms with Crippen LogP contribution < -0.4 is 17.0 Å². The van der Waals surface area contributed by atoms with Gasteiger partial charge < -0.3 is 15.7 Å². The van der Waals surface area contributed by atoms with Gasteiger partial charge in [-0.15, -0.1) is 0 Å². The van der Waals surface area contributed by atoms with Crippen LogP contribution in [0.3, 0.4) is 0 Å². The summed E-state index contributed by atoms with van der Waals surface area (Å²) in [4.78, 5) is 27.3. The number of hydrazine groups is 1. The summed E-state index contributed by atoms with van der Waals surface area (Å²) in [5.41, 5.74) is 17.7. The number of Topliss-reactive ketones (excluding diaryl/α,β-unsaturated/α-hetero) is 1. The van der Waals surface area contributed by atoms with Crippen LogP contribution in [0.2, 0.25) is 10.0 Å². The average molecular weight is 882 g/mol. The number of imidazole rings is 2. The summed E-state index contributed by atoms with van der Waals surface area (Å²) in [6.07, 6.45) is 2.31. The lowest BCUT2D eigenvalue weighted by Gasteiger charge is -2.08. The molecule has 3 heterocycles.